The molecule has 0 spiro atoms. The number of aromatic nitrogens is 2. The van der Waals surface area contributed by atoms with Gasteiger partial charge in [0.15, 0.2) is 0 Å². The second-order valence-electron chi connectivity index (χ2n) is 3.78. The first-order valence-corrected chi connectivity index (χ1v) is 4.80. The number of hydrogen-bond donors (Lipinski definition) is 1. The van der Waals surface area contributed by atoms with Crippen molar-refractivity contribution in [2.24, 2.45) is 5.92 Å². The number of rotatable bonds is 4. The van der Waals surface area contributed by atoms with E-state index in [1.54, 1.807) is 0 Å². The van der Waals surface area contributed by atoms with E-state index < -0.39 is 0 Å². The van der Waals surface area contributed by atoms with Crippen LogP contribution in [0.15, 0.2) is 17.2 Å². The maximum Gasteiger partial charge on any atom is 0.310 e. The van der Waals surface area contributed by atoms with Gasteiger partial charge in [0.25, 0.3) is 5.88 Å². The molecule has 0 aliphatic heterocycles. The SMILES string of the molecule is CC(C)CC(C)Oc1ncc[nH]c1=O. The largest absolute Gasteiger partial charge is 0.471 e. The van der Waals surface area contributed by atoms with Gasteiger partial charge in [-0.15, -0.1) is 0 Å². The predicted molar refractivity (Wildman–Crippen MR) is 54.4 cm³/mol. The van der Waals surface area contributed by atoms with Crippen LogP contribution in [-0.4, -0.2) is 16.1 Å². The summed E-state index contributed by atoms with van der Waals surface area (Å²) in [7, 11) is 0. The van der Waals surface area contributed by atoms with Crippen LogP contribution in [0.2, 0.25) is 0 Å². The van der Waals surface area contributed by atoms with E-state index in [0.29, 0.717) is 5.92 Å². The molecule has 1 unspecified atom stereocenters. The van der Waals surface area contributed by atoms with Crippen LogP contribution in [0, 0.1) is 5.92 Å². The second-order valence-corrected chi connectivity index (χ2v) is 3.78. The van der Waals surface area contributed by atoms with Gasteiger partial charge in [0.2, 0.25) is 0 Å². The quantitative estimate of drug-likeness (QED) is 0.795. The summed E-state index contributed by atoms with van der Waals surface area (Å²) in [6.45, 7) is 6.17. The minimum atomic E-state index is -0.275. The van der Waals surface area contributed by atoms with Crippen molar-refractivity contribution in [3.8, 4) is 5.88 Å². The lowest BCUT2D eigenvalue weighted by Gasteiger charge is -2.14. The Morgan fingerprint density at radius 1 is 1.50 bits per heavy atom. The fourth-order valence-electron chi connectivity index (χ4n) is 1.32. The first-order valence-electron chi connectivity index (χ1n) is 4.80. The molecular formula is C10H16N2O2. The Morgan fingerprint density at radius 2 is 2.21 bits per heavy atom. The van der Waals surface area contributed by atoms with Crippen molar-refractivity contribution in [3.05, 3.63) is 22.7 Å². The predicted octanol–water partition coefficient (Wildman–Crippen LogP) is 1.58. The first kappa shape index (κ1) is 10.8. The van der Waals surface area contributed by atoms with E-state index >= 15 is 0 Å². The third-order valence-corrected chi connectivity index (χ3v) is 1.79. The Kier molecular flexibility index (Phi) is 3.68. The van der Waals surface area contributed by atoms with Gasteiger partial charge in [0, 0.05) is 12.4 Å². The zero-order valence-corrected chi connectivity index (χ0v) is 8.78. The fourth-order valence-corrected chi connectivity index (χ4v) is 1.32. The highest BCUT2D eigenvalue weighted by Gasteiger charge is 2.09. The molecule has 1 rings (SSSR count). The average Bonchev–Trinajstić information content (AvgIpc) is 2.07. The summed E-state index contributed by atoms with van der Waals surface area (Å²) in [5, 5.41) is 0. The third-order valence-electron chi connectivity index (χ3n) is 1.79. The second kappa shape index (κ2) is 4.79. The zero-order chi connectivity index (χ0) is 10.6. The molecule has 1 N–H and O–H groups in total. The molecule has 4 heteroatoms. The van der Waals surface area contributed by atoms with Gasteiger partial charge in [-0.3, -0.25) is 4.79 Å². The summed E-state index contributed by atoms with van der Waals surface area (Å²) >= 11 is 0. The standard InChI is InChI=1S/C10H16N2O2/c1-7(2)6-8(3)14-10-9(13)11-4-5-12-10/h4-5,7-8H,6H2,1-3H3,(H,11,13). The van der Waals surface area contributed by atoms with Crippen molar-refractivity contribution >= 4 is 0 Å². The Labute approximate surface area is 83.3 Å². The first-order chi connectivity index (χ1) is 6.59. The van der Waals surface area contributed by atoms with Crippen molar-refractivity contribution in [2.75, 3.05) is 0 Å². The average molecular weight is 196 g/mol. The Morgan fingerprint density at radius 3 is 2.79 bits per heavy atom. The third kappa shape index (κ3) is 3.20. The van der Waals surface area contributed by atoms with Gasteiger partial charge in [0.05, 0.1) is 6.10 Å². The Balaban J connectivity index is 2.60. The molecule has 0 amide bonds. The van der Waals surface area contributed by atoms with Gasteiger partial charge in [0.1, 0.15) is 0 Å². The van der Waals surface area contributed by atoms with Crippen molar-refractivity contribution in [2.45, 2.75) is 33.3 Å². The van der Waals surface area contributed by atoms with Crippen LogP contribution in [0.5, 0.6) is 5.88 Å². The summed E-state index contributed by atoms with van der Waals surface area (Å²) in [6.07, 6.45) is 3.93. The van der Waals surface area contributed by atoms with Crippen LogP contribution in [0.25, 0.3) is 0 Å². The monoisotopic (exact) mass is 196 g/mol. The summed E-state index contributed by atoms with van der Waals surface area (Å²) in [4.78, 5) is 17.6. The number of nitrogens with zero attached hydrogens (tertiary/aromatic N) is 1. The molecule has 0 bridgehead atoms. The molecule has 1 aromatic heterocycles. The lowest BCUT2D eigenvalue weighted by molar-refractivity contribution is 0.183. The maximum atomic E-state index is 11.2. The van der Waals surface area contributed by atoms with E-state index in [1.807, 2.05) is 6.92 Å². The van der Waals surface area contributed by atoms with Crippen molar-refractivity contribution < 1.29 is 4.74 Å². The van der Waals surface area contributed by atoms with Gasteiger partial charge in [-0.05, 0) is 19.3 Å². The number of nitrogens with one attached hydrogen (secondary N) is 1. The van der Waals surface area contributed by atoms with E-state index in [9.17, 15) is 4.79 Å². The Hall–Kier alpha value is -1.32. The van der Waals surface area contributed by atoms with Crippen LogP contribution in [0.3, 0.4) is 0 Å². The van der Waals surface area contributed by atoms with Gasteiger partial charge in [-0.1, -0.05) is 13.8 Å². The molecule has 78 valence electrons. The van der Waals surface area contributed by atoms with Crippen LogP contribution < -0.4 is 10.3 Å². The minimum absolute atomic E-state index is 0.0194. The molecule has 0 aliphatic carbocycles. The van der Waals surface area contributed by atoms with Gasteiger partial charge in [-0.2, -0.15) is 0 Å². The summed E-state index contributed by atoms with van der Waals surface area (Å²) in [5.41, 5.74) is -0.275. The van der Waals surface area contributed by atoms with E-state index in [1.165, 1.54) is 12.4 Å². The molecule has 0 fully saturated rings. The summed E-state index contributed by atoms with van der Waals surface area (Å²) in [5.74, 6) is 0.702. The molecule has 14 heavy (non-hydrogen) atoms. The molecule has 1 atom stereocenters. The van der Waals surface area contributed by atoms with Gasteiger partial charge >= 0.3 is 5.56 Å². The van der Waals surface area contributed by atoms with Crippen LogP contribution in [0.4, 0.5) is 0 Å². The van der Waals surface area contributed by atoms with Crippen LogP contribution >= 0.6 is 0 Å². The highest BCUT2D eigenvalue weighted by atomic mass is 16.5. The van der Waals surface area contributed by atoms with Gasteiger partial charge in [-0.25, -0.2) is 4.98 Å². The molecule has 0 saturated heterocycles. The molecule has 0 aromatic carbocycles. The maximum absolute atomic E-state index is 11.2. The molecule has 0 aliphatic rings. The smallest absolute Gasteiger partial charge is 0.310 e. The number of H-pyrrole nitrogens is 1. The zero-order valence-electron chi connectivity index (χ0n) is 8.78. The van der Waals surface area contributed by atoms with Crippen LogP contribution in [-0.2, 0) is 0 Å². The summed E-state index contributed by atoms with van der Waals surface area (Å²) in [6, 6.07) is 0. The molecular weight excluding hydrogens is 180 g/mol. The van der Waals surface area contributed by atoms with E-state index in [0.717, 1.165) is 6.42 Å². The Bertz CT molecular complexity index is 333. The number of hydrogen-bond acceptors (Lipinski definition) is 3. The van der Waals surface area contributed by atoms with E-state index in [2.05, 4.69) is 23.8 Å². The number of ether oxygens (including phenoxy) is 1. The molecule has 0 radical (unpaired) electrons. The molecule has 1 heterocycles. The topological polar surface area (TPSA) is 55.0 Å². The highest BCUT2D eigenvalue weighted by molar-refractivity contribution is 5.02. The lowest BCUT2D eigenvalue weighted by Crippen LogP contribution is -2.20. The van der Waals surface area contributed by atoms with Crippen molar-refractivity contribution in [1.29, 1.82) is 0 Å². The van der Waals surface area contributed by atoms with Crippen molar-refractivity contribution in [3.63, 3.8) is 0 Å². The molecule has 4 nitrogen and oxygen atoms in total. The van der Waals surface area contributed by atoms with Crippen LogP contribution in [0.1, 0.15) is 27.2 Å². The number of aromatic amines is 1. The van der Waals surface area contributed by atoms with Gasteiger partial charge < -0.3 is 9.72 Å². The van der Waals surface area contributed by atoms with E-state index in [4.69, 9.17) is 4.74 Å². The fraction of sp³-hybridized carbons (Fsp3) is 0.600. The normalized spacial score (nSPS) is 12.9. The molecule has 1 aromatic rings. The minimum Gasteiger partial charge on any atom is -0.471 e. The molecule has 0 saturated carbocycles. The van der Waals surface area contributed by atoms with E-state index in [-0.39, 0.29) is 17.5 Å². The van der Waals surface area contributed by atoms with Crippen molar-refractivity contribution in [1.82, 2.24) is 9.97 Å². The lowest BCUT2D eigenvalue weighted by atomic mass is 10.1. The highest BCUT2D eigenvalue weighted by Crippen LogP contribution is 2.08. The summed E-state index contributed by atoms with van der Waals surface area (Å²) < 4.78 is 5.40.